The number of thiophene rings is 1. The molecule has 0 aliphatic rings. The predicted octanol–water partition coefficient (Wildman–Crippen LogP) is 1.80. The van der Waals surface area contributed by atoms with E-state index in [1.54, 1.807) is 11.3 Å². The molecule has 48 valence electrons. The minimum absolute atomic E-state index is 0.602. The van der Waals surface area contributed by atoms with Crippen molar-refractivity contribution in [2.45, 2.75) is 0 Å². The second-order valence-corrected chi connectivity index (χ2v) is 2.88. The Kier molecular flexibility index (Phi) is 2.47. The first-order chi connectivity index (χ1) is 4.34. The van der Waals surface area contributed by atoms with Gasteiger partial charge in [0.2, 0.25) is 0 Å². The van der Waals surface area contributed by atoms with Crippen LogP contribution in [0.5, 0.6) is 0 Å². The molecule has 2 N–H and O–H groups in total. The van der Waals surface area contributed by atoms with Crippen LogP contribution in [0, 0.1) is 0 Å². The Morgan fingerprint density at radius 3 is 3.00 bits per heavy atom. The third kappa shape index (κ3) is 1.65. The first-order valence-corrected chi connectivity index (χ1v) is 4.17. The molecule has 0 amide bonds. The first-order valence-electron chi connectivity index (χ1n) is 2.33. The van der Waals surface area contributed by atoms with Gasteiger partial charge in [-0.25, -0.2) is 0 Å². The van der Waals surface area contributed by atoms with Crippen LogP contribution in [0.3, 0.4) is 0 Å². The lowest BCUT2D eigenvalue weighted by atomic mass is 10.4. The maximum atomic E-state index is 5.49. The van der Waals surface area contributed by atoms with Gasteiger partial charge in [0.15, 0.2) is 0 Å². The van der Waals surface area contributed by atoms with E-state index in [2.05, 4.69) is 3.21 Å². The van der Waals surface area contributed by atoms with Gasteiger partial charge in [0.25, 0.3) is 0 Å². The van der Waals surface area contributed by atoms with Crippen LogP contribution in [-0.4, -0.2) is 5.84 Å². The summed E-state index contributed by atoms with van der Waals surface area (Å²) in [7, 11) is 0. The lowest BCUT2D eigenvalue weighted by molar-refractivity contribution is 1.68. The van der Waals surface area contributed by atoms with E-state index < -0.39 is 0 Å². The summed E-state index contributed by atoms with van der Waals surface area (Å²) in [6.07, 6.45) is 0. The molecule has 1 aromatic heterocycles. The van der Waals surface area contributed by atoms with Crippen molar-refractivity contribution in [3.8, 4) is 0 Å². The number of nitrogens with zero attached hydrogens (tertiary/aromatic N) is 1. The topological polar surface area (TPSA) is 38.4 Å². The number of rotatable bonds is 1. The highest BCUT2D eigenvalue weighted by Crippen LogP contribution is 2.08. The molecule has 4 heteroatoms. The molecule has 0 saturated carbocycles. The van der Waals surface area contributed by atoms with Crippen LogP contribution in [0.2, 0.25) is 0 Å². The molecule has 0 bridgehead atoms. The van der Waals surface area contributed by atoms with Gasteiger partial charge in [0, 0.05) is 0 Å². The highest BCUT2D eigenvalue weighted by atomic mass is 127. The van der Waals surface area contributed by atoms with E-state index in [1.165, 1.54) is 0 Å². The summed E-state index contributed by atoms with van der Waals surface area (Å²) in [5.74, 6) is 0.602. The van der Waals surface area contributed by atoms with Crippen LogP contribution >= 0.6 is 34.2 Å². The maximum Gasteiger partial charge on any atom is 0.147 e. The molecule has 0 saturated heterocycles. The Labute approximate surface area is 71.3 Å². The van der Waals surface area contributed by atoms with Crippen LogP contribution in [-0.2, 0) is 0 Å². The largest absolute Gasteiger partial charge is 0.382 e. The zero-order chi connectivity index (χ0) is 6.69. The number of hydrogen-bond donors (Lipinski definition) is 1. The molecular formula is C5H5IN2S. The fraction of sp³-hybridized carbons (Fsp3) is 0. The van der Waals surface area contributed by atoms with Crippen LogP contribution in [0.15, 0.2) is 20.7 Å². The number of nitrogens with two attached hydrogens (primary N) is 1. The van der Waals surface area contributed by atoms with E-state index in [1.807, 2.05) is 40.4 Å². The molecule has 0 radical (unpaired) electrons. The van der Waals surface area contributed by atoms with Crippen LogP contribution < -0.4 is 5.73 Å². The minimum Gasteiger partial charge on any atom is -0.382 e. The smallest absolute Gasteiger partial charge is 0.147 e. The van der Waals surface area contributed by atoms with Gasteiger partial charge in [-0.3, -0.25) is 0 Å². The Balaban J connectivity index is 2.90. The molecule has 1 heterocycles. The van der Waals surface area contributed by atoms with Gasteiger partial charge in [0.05, 0.1) is 27.7 Å². The number of halogens is 1. The Morgan fingerprint density at radius 2 is 2.56 bits per heavy atom. The van der Waals surface area contributed by atoms with Gasteiger partial charge in [-0.05, 0) is 11.4 Å². The summed E-state index contributed by atoms with van der Waals surface area (Å²) in [6, 6.07) is 3.90. The van der Waals surface area contributed by atoms with Crippen molar-refractivity contribution in [2.75, 3.05) is 0 Å². The molecule has 0 aliphatic heterocycles. The highest BCUT2D eigenvalue weighted by molar-refractivity contribution is 14.1. The van der Waals surface area contributed by atoms with Gasteiger partial charge in [-0.2, -0.15) is 3.21 Å². The SMILES string of the molecule is NC(=NI)c1cccs1. The number of amidine groups is 1. The van der Waals surface area contributed by atoms with E-state index in [0.717, 1.165) is 4.88 Å². The monoisotopic (exact) mass is 252 g/mol. The third-order valence-corrected chi connectivity index (χ3v) is 2.28. The summed E-state index contributed by atoms with van der Waals surface area (Å²) >= 11 is 3.48. The second-order valence-electron chi connectivity index (χ2n) is 1.45. The summed E-state index contributed by atoms with van der Waals surface area (Å²) in [5, 5.41) is 1.98. The van der Waals surface area contributed by atoms with E-state index >= 15 is 0 Å². The average Bonchev–Trinajstić information content (AvgIpc) is 2.37. The Hall–Kier alpha value is -0.100. The molecule has 0 atom stereocenters. The summed E-state index contributed by atoms with van der Waals surface area (Å²) in [6.45, 7) is 0. The van der Waals surface area contributed by atoms with E-state index in [-0.39, 0.29) is 0 Å². The zero-order valence-electron chi connectivity index (χ0n) is 4.54. The quantitative estimate of drug-likeness (QED) is 0.462. The second kappa shape index (κ2) is 3.17. The fourth-order valence-electron chi connectivity index (χ4n) is 0.466. The molecule has 9 heavy (non-hydrogen) atoms. The van der Waals surface area contributed by atoms with Crippen molar-refractivity contribution in [2.24, 2.45) is 8.94 Å². The molecule has 1 rings (SSSR count). The number of hydrogen-bond acceptors (Lipinski definition) is 2. The van der Waals surface area contributed by atoms with Crippen LogP contribution in [0.25, 0.3) is 0 Å². The molecule has 1 aromatic rings. The standard InChI is InChI=1S/C5H5IN2S/c6-8-5(7)4-2-1-3-9-4/h1-3H,(H2,7,8). The lowest BCUT2D eigenvalue weighted by Gasteiger charge is -1.88. The van der Waals surface area contributed by atoms with Crippen molar-refractivity contribution >= 4 is 40.0 Å². The van der Waals surface area contributed by atoms with Crippen LogP contribution in [0.1, 0.15) is 4.88 Å². The maximum absolute atomic E-state index is 5.49. The van der Waals surface area contributed by atoms with Gasteiger partial charge < -0.3 is 5.73 Å². The van der Waals surface area contributed by atoms with Crippen molar-refractivity contribution < 1.29 is 0 Å². The van der Waals surface area contributed by atoms with Crippen molar-refractivity contribution in [3.05, 3.63) is 22.4 Å². The van der Waals surface area contributed by atoms with Crippen LogP contribution in [0.4, 0.5) is 0 Å². The molecular weight excluding hydrogens is 247 g/mol. The summed E-state index contributed by atoms with van der Waals surface area (Å²) < 4.78 is 3.81. The molecule has 0 aromatic carbocycles. The fourth-order valence-corrected chi connectivity index (χ4v) is 1.52. The minimum atomic E-state index is 0.602. The van der Waals surface area contributed by atoms with Gasteiger partial charge in [-0.15, -0.1) is 11.3 Å². The molecule has 2 nitrogen and oxygen atoms in total. The van der Waals surface area contributed by atoms with E-state index in [0.29, 0.717) is 5.84 Å². The van der Waals surface area contributed by atoms with Crippen molar-refractivity contribution in [1.29, 1.82) is 0 Å². The average molecular weight is 252 g/mol. The highest BCUT2D eigenvalue weighted by Gasteiger charge is 1.94. The van der Waals surface area contributed by atoms with E-state index in [9.17, 15) is 0 Å². The van der Waals surface area contributed by atoms with Crippen molar-refractivity contribution in [1.82, 2.24) is 0 Å². The van der Waals surface area contributed by atoms with Gasteiger partial charge in [-0.1, -0.05) is 6.07 Å². The molecule has 0 aliphatic carbocycles. The molecule has 0 unspecified atom stereocenters. The van der Waals surface area contributed by atoms with Crippen molar-refractivity contribution in [3.63, 3.8) is 0 Å². The summed E-state index contributed by atoms with van der Waals surface area (Å²) in [5.41, 5.74) is 5.49. The Bertz CT molecular complexity index is 205. The summed E-state index contributed by atoms with van der Waals surface area (Å²) in [4.78, 5) is 1.03. The molecule has 0 fully saturated rings. The third-order valence-electron chi connectivity index (χ3n) is 0.865. The lowest BCUT2D eigenvalue weighted by Crippen LogP contribution is -2.09. The van der Waals surface area contributed by atoms with Gasteiger partial charge >= 0.3 is 0 Å². The van der Waals surface area contributed by atoms with Gasteiger partial charge in [0.1, 0.15) is 5.84 Å². The van der Waals surface area contributed by atoms with E-state index in [4.69, 9.17) is 5.73 Å². The normalized spacial score (nSPS) is 11.9. The predicted molar refractivity (Wildman–Crippen MR) is 49.1 cm³/mol. The zero-order valence-corrected chi connectivity index (χ0v) is 7.52. The first kappa shape index (κ1) is 7.01. The Morgan fingerprint density at radius 1 is 1.78 bits per heavy atom. The molecule has 0 spiro atoms.